The molecule has 0 aliphatic rings. The number of ether oxygens (including phenoxy) is 3. The fourth-order valence-corrected chi connectivity index (χ4v) is 9.10. The van der Waals surface area contributed by atoms with Gasteiger partial charge in [-0.25, -0.2) is 0 Å². The largest absolute Gasteiger partial charge is 0.462 e. The molecule has 0 aromatic rings. The highest BCUT2D eigenvalue weighted by molar-refractivity contribution is 5.71. The lowest BCUT2D eigenvalue weighted by atomic mass is 10.0. The topological polar surface area (TPSA) is 78.9 Å². The summed E-state index contributed by atoms with van der Waals surface area (Å²) in [5, 5.41) is 0. The van der Waals surface area contributed by atoms with Gasteiger partial charge < -0.3 is 14.2 Å². The molecule has 0 spiro atoms. The Hall–Kier alpha value is -1.59. The van der Waals surface area contributed by atoms with E-state index in [1.54, 1.807) is 0 Å². The second kappa shape index (κ2) is 53.4. The molecule has 0 aromatic carbocycles. The molecule has 0 aliphatic heterocycles. The lowest BCUT2D eigenvalue weighted by Gasteiger charge is -2.18. The molecule has 0 unspecified atom stereocenters. The first kappa shape index (κ1) is 63.4. The molecule has 1 atom stereocenters. The summed E-state index contributed by atoms with van der Waals surface area (Å²) in [6.07, 6.45) is 58.1. The van der Waals surface area contributed by atoms with E-state index in [1.807, 2.05) is 0 Å². The molecule has 6 heteroatoms. The van der Waals surface area contributed by atoms with Crippen molar-refractivity contribution in [2.75, 3.05) is 13.2 Å². The Kier molecular flexibility index (Phi) is 52.1. The fourth-order valence-electron chi connectivity index (χ4n) is 9.10. The van der Waals surface area contributed by atoms with Crippen molar-refractivity contribution < 1.29 is 28.6 Å². The Bertz CT molecular complexity index is 980. The number of hydrogen-bond donors (Lipinski definition) is 0. The average molecular weight is 920 g/mol. The first-order valence-corrected chi connectivity index (χ1v) is 29.4. The van der Waals surface area contributed by atoms with Crippen LogP contribution in [0.4, 0.5) is 0 Å². The van der Waals surface area contributed by atoms with Gasteiger partial charge >= 0.3 is 17.9 Å². The van der Waals surface area contributed by atoms with Gasteiger partial charge in [0.25, 0.3) is 0 Å². The minimum absolute atomic E-state index is 0.0618. The van der Waals surface area contributed by atoms with Crippen molar-refractivity contribution in [2.45, 2.75) is 342 Å². The van der Waals surface area contributed by atoms with E-state index in [1.165, 1.54) is 231 Å². The number of carbonyl (C=O) groups is 3. The highest BCUT2D eigenvalue weighted by Gasteiger charge is 2.19. The summed E-state index contributed by atoms with van der Waals surface area (Å²) in [7, 11) is 0. The van der Waals surface area contributed by atoms with Crippen LogP contribution in [0.1, 0.15) is 336 Å². The minimum atomic E-state index is -0.761. The van der Waals surface area contributed by atoms with Crippen LogP contribution in [-0.2, 0) is 28.6 Å². The van der Waals surface area contributed by atoms with Crippen LogP contribution in [0.15, 0.2) is 0 Å². The fraction of sp³-hybridized carbons (Fsp3) is 0.949. The van der Waals surface area contributed by atoms with E-state index < -0.39 is 6.10 Å². The maximum absolute atomic E-state index is 12.8. The predicted molar refractivity (Wildman–Crippen MR) is 280 cm³/mol. The van der Waals surface area contributed by atoms with Crippen LogP contribution in [0.3, 0.4) is 0 Å². The van der Waals surface area contributed by atoms with Crippen molar-refractivity contribution in [3.8, 4) is 0 Å². The summed E-state index contributed by atoms with van der Waals surface area (Å²) in [6.45, 7) is 9.06. The Morgan fingerprint density at radius 1 is 0.292 bits per heavy atom. The third-order valence-corrected chi connectivity index (χ3v) is 13.5. The minimum Gasteiger partial charge on any atom is -0.462 e. The number of carbonyl (C=O) groups excluding carboxylic acids is 3. The molecule has 0 fully saturated rings. The molecular formula is C59H114O6. The van der Waals surface area contributed by atoms with Crippen LogP contribution in [0.25, 0.3) is 0 Å². The van der Waals surface area contributed by atoms with Gasteiger partial charge in [-0.2, -0.15) is 0 Å². The molecule has 0 amide bonds. The monoisotopic (exact) mass is 919 g/mol. The quantitative estimate of drug-likeness (QED) is 0.0344. The van der Waals surface area contributed by atoms with Crippen molar-refractivity contribution in [2.24, 2.45) is 5.92 Å². The number of esters is 3. The molecule has 0 aromatic heterocycles. The molecule has 65 heavy (non-hydrogen) atoms. The Balaban J connectivity index is 4.24. The van der Waals surface area contributed by atoms with Gasteiger partial charge in [0.1, 0.15) is 13.2 Å². The SMILES string of the molecule is CCCCCCCCCCCCCCCCCCCCCC(=O)OC[C@@H](COC(=O)CCCCCCCCCCCCC)OC(=O)CCCCCCCCCCCCCCCCC(C)C. The van der Waals surface area contributed by atoms with E-state index in [4.69, 9.17) is 14.2 Å². The molecule has 0 N–H and O–H groups in total. The van der Waals surface area contributed by atoms with Crippen LogP contribution in [0, 0.1) is 5.92 Å². The van der Waals surface area contributed by atoms with Crippen LogP contribution in [0.5, 0.6) is 0 Å². The molecule has 0 radical (unpaired) electrons. The van der Waals surface area contributed by atoms with Crippen LogP contribution >= 0.6 is 0 Å². The second-order valence-corrected chi connectivity index (χ2v) is 20.8. The van der Waals surface area contributed by atoms with E-state index in [2.05, 4.69) is 27.7 Å². The molecule has 0 saturated carbocycles. The molecule has 386 valence electrons. The summed E-state index contributed by atoms with van der Waals surface area (Å²) >= 11 is 0. The van der Waals surface area contributed by atoms with E-state index >= 15 is 0 Å². The van der Waals surface area contributed by atoms with Gasteiger partial charge in [0.2, 0.25) is 0 Å². The first-order valence-electron chi connectivity index (χ1n) is 29.4. The van der Waals surface area contributed by atoms with Crippen LogP contribution < -0.4 is 0 Å². The molecule has 0 aliphatic carbocycles. The molecule has 0 saturated heterocycles. The first-order chi connectivity index (χ1) is 31.9. The summed E-state index contributed by atoms with van der Waals surface area (Å²) in [5.74, 6) is 0.00781. The van der Waals surface area contributed by atoms with Crippen molar-refractivity contribution in [1.29, 1.82) is 0 Å². The predicted octanol–water partition coefficient (Wildman–Crippen LogP) is 19.4. The van der Waals surface area contributed by atoms with E-state index in [9.17, 15) is 14.4 Å². The van der Waals surface area contributed by atoms with E-state index in [-0.39, 0.29) is 31.1 Å². The maximum Gasteiger partial charge on any atom is 0.306 e. The summed E-state index contributed by atoms with van der Waals surface area (Å²) < 4.78 is 16.9. The van der Waals surface area contributed by atoms with E-state index in [0.717, 1.165) is 63.7 Å². The van der Waals surface area contributed by atoms with Gasteiger partial charge in [-0.15, -0.1) is 0 Å². The number of hydrogen-bond acceptors (Lipinski definition) is 6. The molecule has 0 bridgehead atoms. The summed E-state index contributed by atoms with van der Waals surface area (Å²) in [6, 6.07) is 0. The standard InChI is InChI=1S/C59H114O6/c1-5-7-9-11-13-15-17-18-19-20-21-22-23-27-31-35-39-43-47-51-58(61)64-54-56(53-63-57(60)50-46-42-38-34-29-16-14-12-10-8-6-2)65-59(62)52-48-44-40-36-32-28-25-24-26-30-33-37-41-45-49-55(3)4/h55-56H,5-54H2,1-4H3/t56-/m1/s1. The van der Waals surface area contributed by atoms with Crippen molar-refractivity contribution >= 4 is 17.9 Å². The lowest BCUT2D eigenvalue weighted by molar-refractivity contribution is -0.167. The zero-order valence-electron chi connectivity index (χ0n) is 44.5. The number of rotatable bonds is 54. The Morgan fingerprint density at radius 2 is 0.508 bits per heavy atom. The zero-order chi connectivity index (χ0) is 47.4. The second-order valence-electron chi connectivity index (χ2n) is 20.8. The van der Waals surface area contributed by atoms with E-state index in [0.29, 0.717) is 19.3 Å². The van der Waals surface area contributed by atoms with Gasteiger partial charge in [-0.3, -0.25) is 14.4 Å². The molecule has 0 heterocycles. The molecular weight excluding hydrogens is 805 g/mol. The van der Waals surface area contributed by atoms with Crippen LogP contribution in [0.2, 0.25) is 0 Å². The van der Waals surface area contributed by atoms with Crippen molar-refractivity contribution in [1.82, 2.24) is 0 Å². The Morgan fingerprint density at radius 3 is 0.754 bits per heavy atom. The van der Waals surface area contributed by atoms with Gasteiger partial charge in [-0.1, -0.05) is 297 Å². The smallest absolute Gasteiger partial charge is 0.306 e. The van der Waals surface area contributed by atoms with Crippen molar-refractivity contribution in [3.05, 3.63) is 0 Å². The number of unbranched alkanes of at least 4 members (excludes halogenated alkanes) is 41. The van der Waals surface area contributed by atoms with Gasteiger partial charge in [0.05, 0.1) is 0 Å². The normalized spacial score (nSPS) is 12.0. The third kappa shape index (κ3) is 53.2. The van der Waals surface area contributed by atoms with Crippen LogP contribution in [-0.4, -0.2) is 37.2 Å². The summed E-state index contributed by atoms with van der Waals surface area (Å²) in [4.78, 5) is 38.1. The highest BCUT2D eigenvalue weighted by Crippen LogP contribution is 2.18. The molecule has 6 nitrogen and oxygen atoms in total. The van der Waals surface area contributed by atoms with Gasteiger partial charge in [0, 0.05) is 19.3 Å². The lowest BCUT2D eigenvalue weighted by Crippen LogP contribution is -2.30. The molecule has 0 rings (SSSR count). The van der Waals surface area contributed by atoms with Crippen molar-refractivity contribution in [3.63, 3.8) is 0 Å². The third-order valence-electron chi connectivity index (χ3n) is 13.5. The average Bonchev–Trinajstić information content (AvgIpc) is 3.29. The van der Waals surface area contributed by atoms with Gasteiger partial charge in [0.15, 0.2) is 6.10 Å². The Labute approximate surface area is 406 Å². The zero-order valence-corrected chi connectivity index (χ0v) is 44.5. The maximum atomic E-state index is 12.8. The highest BCUT2D eigenvalue weighted by atomic mass is 16.6. The summed E-state index contributed by atoms with van der Waals surface area (Å²) in [5.41, 5.74) is 0. The van der Waals surface area contributed by atoms with Gasteiger partial charge in [-0.05, 0) is 25.2 Å².